The van der Waals surface area contributed by atoms with Crippen LogP contribution in [0.4, 0.5) is 13.2 Å². The molecule has 0 bridgehead atoms. The fourth-order valence-corrected chi connectivity index (χ4v) is 3.06. The summed E-state index contributed by atoms with van der Waals surface area (Å²) in [6.07, 6.45) is 5.49. The van der Waals surface area contributed by atoms with Crippen molar-refractivity contribution in [3.8, 4) is 5.75 Å². The highest BCUT2D eigenvalue weighted by Gasteiger charge is 2.30. The summed E-state index contributed by atoms with van der Waals surface area (Å²) in [7, 11) is 0. The molecule has 1 aliphatic carbocycles. The topological polar surface area (TPSA) is 13.1 Å². The molecular formula is C19H21F3NO+. The van der Waals surface area contributed by atoms with E-state index in [1.54, 1.807) is 6.07 Å². The molecule has 1 aromatic carbocycles. The molecular weight excluding hydrogens is 315 g/mol. The first-order valence-electron chi connectivity index (χ1n) is 8.33. The van der Waals surface area contributed by atoms with Crippen LogP contribution in [0, 0.1) is 0 Å². The van der Waals surface area contributed by atoms with Crippen molar-refractivity contribution < 1.29 is 22.5 Å². The molecule has 1 heterocycles. The average Bonchev–Trinajstić information content (AvgIpc) is 2.58. The van der Waals surface area contributed by atoms with Crippen LogP contribution in [-0.2, 0) is 25.6 Å². The molecule has 2 nitrogen and oxygen atoms in total. The normalized spacial score (nSPS) is 14.3. The highest BCUT2D eigenvalue weighted by molar-refractivity contribution is 5.30. The van der Waals surface area contributed by atoms with Crippen LogP contribution in [0.3, 0.4) is 0 Å². The molecule has 0 aliphatic heterocycles. The van der Waals surface area contributed by atoms with Gasteiger partial charge in [-0.1, -0.05) is 6.07 Å². The van der Waals surface area contributed by atoms with Crippen molar-refractivity contribution in [2.24, 2.45) is 0 Å². The molecule has 0 atom stereocenters. The first-order chi connectivity index (χ1) is 11.5. The number of aryl methyl sites for hydroxylation is 3. The molecule has 0 saturated carbocycles. The number of benzene rings is 1. The van der Waals surface area contributed by atoms with Gasteiger partial charge in [-0.15, -0.1) is 0 Å². The molecule has 0 radical (unpaired) electrons. The largest absolute Gasteiger partial charge is 0.493 e. The Morgan fingerprint density at radius 1 is 1.04 bits per heavy atom. The van der Waals surface area contributed by atoms with E-state index in [1.807, 2.05) is 0 Å². The highest BCUT2D eigenvalue weighted by Crippen LogP contribution is 2.31. The van der Waals surface area contributed by atoms with Gasteiger partial charge in [0.1, 0.15) is 5.75 Å². The van der Waals surface area contributed by atoms with Gasteiger partial charge < -0.3 is 4.74 Å². The molecule has 1 aromatic heterocycles. The summed E-state index contributed by atoms with van der Waals surface area (Å²) in [4.78, 5) is 0. The molecule has 3 rings (SSSR count). The highest BCUT2D eigenvalue weighted by atomic mass is 19.4. The average molecular weight is 336 g/mol. The molecule has 5 heteroatoms. The van der Waals surface area contributed by atoms with Crippen molar-refractivity contribution in [1.82, 2.24) is 0 Å². The maximum absolute atomic E-state index is 12.7. The van der Waals surface area contributed by atoms with Crippen molar-refractivity contribution in [3.05, 3.63) is 59.4 Å². The molecule has 2 aromatic rings. The van der Waals surface area contributed by atoms with Crippen LogP contribution in [0.15, 0.2) is 42.7 Å². The van der Waals surface area contributed by atoms with Crippen molar-refractivity contribution in [1.29, 1.82) is 0 Å². The van der Waals surface area contributed by atoms with Gasteiger partial charge in [0.25, 0.3) is 0 Å². The lowest BCUT2D eigenvalue weighted by atomic mass is 9.93. The second kappa shape index (κ2) is 7.24. The smallest absolute Gasteiger partial charge is 0.416 e. The van der Waals surface area contributed by atoms with E-state index in [2.05, 4.69) is 23.0 Å². The van der Waals surface area contributed by atoms with Gasteiger partial charge in [-0.05, 0) is 49.4 Å². The molecule has 0 fully saturated rings. The lowest BCUT2D eigenvalue weighted by Crippen LogP contribution is -2.35. The van der Waals surface area contributed by atoms with E-state index in [4.69, 9.17) is 4.74 Å². The fourth-order valence-electron chi connectivity index (χ4n) is 3.06. The number of hydrogen-bond acceptors (Lipinski definition) is 1. The van der Waals surface area contributed by atoms with E-state index < -0.39 is 11.7 Å². The Morgan fingerprint density at radius 2 is 1.83 bits per heavy atom. The molecule has 0 spiro atoms. The lowest BCUT2D eigenvalue weighted by molar-refractivity contribution is -0.697. The number of alkyl halides is 3. The van der Waals surface area contributed by atoms with Crippen LogP contribution in [0.5, 0.6) is 5.75 Å². The number of pyridine rings is 1. The lowest BCUT2D eigenvalue weighted by Gasteiger charge is -2.13. The van der Waals surface area contributed by atoms with Gasteiger partial charge in [-0.25, -0.2) is 4.57 Å². The van der Waals surface area contributed by atoms with E-state index in [-0.39, 0.29) is 5.75 Å². The Morgan fingerprint density at radius 3 is 2.62 bits per heavy atom. The third-order valence-electron chi connectivity index (χ3n) is 4.33. The van der Waals surface area contributed by atoms with Gasteiger partial charge in [0.15, 0.2) is 18.9 Å². The number of hydrogen-bond donors (Lipinski definition) is 0. The SMILES string of the molecule is FC(F)(F)c1cccc(OCCC[n+]2ccc3c(c2)CCCC3)c1. The van der Waals surface area contributed by atoms with Crippen molar-refractivity contribution in [2.75, 3.05) is 6.61 Å². The van der Waals surface area contributed by atoms with E-state index >= 15 is 0 Å². The van der Waals surface area contributed by atoms with E-state index in [0.29, 0.717) is 6.61 Å². The zero-order valence-electron chi connectivity index (χ0n) is 13.5. The van der Waals surface area contributed by atoms with Gasteiger partial charge >= 0.3 is 6.18 Å². The second-order valence-electron chi connectivity index (χ2n) is 6.17. The molecule has 128 valence electrons. The Hall–Kier alpha value is -2.04. The fraction of sp³-hybridized carbons (Fsp3) is 0.421. The molecule has 24 heavy (non-hydrogen) atoms. The first-order valence-corrected chi connectivity index (χ1v) is 8.33. The number of fused-ring (bicyclic) bond motifs is 1. The monoisotopic (exact) mass is 336 g/mol. The predicted molar refractivity (Wildman–Crippen MR) is 84.8 cm³/mol. The van der Waals surface area contributed by atoms with E-state index in [9.17, 15) is 13.2 Å². The standard InChI is InChI=1S/C19H21F3NO/c20-19(21,22)17-7-3-8-18(13-17)24-12-4-10-23-11-9-15-5-1-2-6-16(15)14-23/h3,7-9,11,13-14H,1-2,4-6,10,12H2/q+1. The van der Waals surface area contributed by atoms with Crippen LogP contribution >= 0.6 is 0 Å². The summed E-state index contributed by atoms with van der Waals surface area (Å²) in [5, 5.41) is 0. The Balaban J connectivity index is 1.51. The Kier molecular flexibility index (Phi) is 5.07. The molecule has 0 amide bonds. The summed E-state index contributed by atoms with van der Waals surface area (Å²) in [6.45, 7) is 1.19. The number of ether oxygens (including phenoxy) is 1. The van der Waals surface area contributed by atoms with Crippen LogP contribution in [0.25, 0.3) is 0 Å². The van der Waals surface area contributed by atoms with Crippen LogP contribution in [-0.4, -0.2) is 6.61 Å². The minimum absolute atomic E-state index is 0.264. The van der Waals surface area contributed by atoms with Gasteiger partial charge in [0.05, 0.1) is 12.2 Å². The summed E-state index contributed by atoms with van der Waals surface area (Å²) < 4.78 is 45.6. The van der Waals surface area contributed by atoms with Gasteiger partial charge in [0, 0.05) is 18.1 Å². The van der Waals surface area contributed by atoms with Gasteiger partial charge in [-0.2, -0.15) is 13.2 Å². The first kappa shape index (κ1) is 16.8. The van der Waals surface area contributed by atoms with E-state index in [0.717, 1.165) is 37.9 Å². The zero-order chi connectivity index (χ0) is 17.0. The summed E-state index contributed by atoms with van der Waals surface area (Å²) in [5.41, 5.74) is 2.18. The van der Waals surface area contributed by atoms with Crippen LogP contribution in [0.2, 0.25) is 0 Å². The minimum atomic E-state index is -4.33. The molecule has 0 N–H and O–H groups in total. The second-order valence-corrected chi connectivity index (χ2v) is 6.17. The number of aromatic nitrogens is 1. The third kappa shape index (κ3) is 4.28. The molecule has 1 aliphatic rings. The van der Waals surface area contributed by atoms with Crippen molar-refractivity contribution in [2.45, 2.75) is 44.8 Å². The number of rotatable bonds is 5. The maximum atomic E-state index is 12.7. The quantitative estimate of drug-likeness (QED) is 0.585. The predicted octanol–water partition coefficient (Wildman–Crippen LogP) is 4.34. The molecule has 0 unspecified atom stereocenters. The zero-order valence-corrected chi connectivity index (χ0v) is 13.5. The number of halogens is 3. The van der Waals surface area contributed by atoms with E-state index in [1.165, 1.54) is 30.0 Å². The van der Waals surface area contributed by atoms with Crippen LogP contribution in [0.1, 0.15) is 36.0 Å². The summed E-state index contributed by atoms with van der Waals surface area (Å²) in [6, 6.07) is 7.21. The van der Waals surface area contributed by atoms with Gasteiger partial charge in [-0.3, -0.25) is 0 Å². The van der Waals surface area contributed by atoms with Crippen LogP contribution < -0.4 is 9.30 Å². The Labute approximate surface area is 139 Å². The van der Waals surface area contributed by atoms with Crippen molar-refractivity contribution >= 4 is 0 Å². The maximum Gasteiger partial charge on any atom is 0.416 e. The number of nitrogens with zero attached hydrogens (tertiary/aromatic N) is 1. The Bertz CT molecular complexity index is 697. The molecule has 0 saturated heterocycles. The minimum Gasteiger partial charge on any atom is -0.493 e. The summed E-state index contributed by atoms with van der Waals surface area (Å²) >= 11 is 0. The van der Waals surface area contributed by atoms with Crippen molar-refractivity contribution in [3.63, 3.8) is 0 Å². The summed E-state index contributed by atoms with van der Waals surface area (Å²) in [5.74, 6) is 0.264. The van der Waals surface area contributed by atoms with Gasteiger partial charge in [0.2, 0.25) is 0 Å². The third-order valence-corrected chi connectivity index (χ3v) is 4.33.